The van der Waals surface area contributed by atoms with E-state index in [4.69, 9.17) is 23.2 Å². The van der Waals surface area contributed by atoms with Crippen LogP contribution in [0.4, 0.5) is 10.1 Å². The zero-order chi connectivity index (χ0) is 21.0. The highest BCUT2D eigenvalue weighted by atomic mass is 35.5. The summed E-state index contributed by atoms with van der Waals surface area (Å²) in [5, 5.41) is 5.11. The van der Waals surface area contributed by atoms with Crippen LogP contribution in [0.3, 0.4) is 0 Å². The molecule has 0 spiro atoms. The minimum absolute atomic E-state index is 0.0324. The summed E-state index contributed by atoms with van der Waals surface area (Å²) in [5.41, 5.74) is 3.97. The highest BCUT2D eigenvalue weighted by Crippen LogP contribution is 2.47. The molecule has 0 aliphatic carbocycles. The second-order valence-corrected chi connectivity index (χ2v) is 8.42. The van der Waals surface area contributed by atoms with Crippen LogP contribution in [0.25, 0.3) is 0 Å². The van der Waals surface area contributed by atoms with Gasteiger partial charge in [0.25, 0.3) is 5.91 Å². The topological polar surface area (TPSA) is 38.1 Å². The standard InChI is InChI=1S/C22H20Cl2FN3O/c1-11(2)19-17-20(14-10-13(23)9-8-12(14)3)28(22(29)21(17)27(4)26-19)16-7-5-6-15(24)18(16)25/h5-11,20H,1-4H3. The van der Waals surface area contributed by atoms with Crippen molar-refractivity contribution in [3.8, 4) is 0 Å². The third-order valence-corrected chi connectivity index (χ3v) is 5.87. The Balaban J connectivity index is 2.05. The molecule has 0 saturated heterocycles. The van der Waals surface area contributed by atoms with Gasteiger partial charge in [0.15, 0.2) is 5.82 Å². The number of nitrogens with zero attached hydrogens (tertiary/aromatic N) is 3. The van der Waals surface area contributed by atoms with E-state index in [9.17, 15) is 4.79 Å². The summed E-state index contributed by atoms with van der Waals surface area (Å²) in [6.07, 6.45) is 0. The predicted molar refractivity (Wildman–Crippen MR) is 114 cm³/mol. The second-order valence-electron chi connectivity index (χ2n) is 7.58. The minimum Gasteiger partial charge on any atom is -0.292 e. The molecule has 7 heteroatoms. The van der Waals surface area contributed by atoms with Crippen LogP contribution in [0.15, 0.2) is 36.4 Å². The van der Waals surface area contributed by atoms with Crippen LogP contribution in [0, 0.1) is 12.7 Å². The van der Waals surface area contributed by atoms with Crippen molar-refractivity contribution in [2.45, 2.75) is 32.7 Å². The first-order chi connectivity index (χ1) is 13.7. The summed E-state index contributed by atoms with van der Waals surface area (Å²) in [6, 6.07) is 9.66. The number of carbonyl (C=O) groups is 1. The maximum absolute atomic E-state index is 15.0. The Kier molecular flexibility index (Phi) is 4.91. The Bertz CT molecular complexity index is 1140. The lowest BCUT2D eigenvalue weighted by Crippen LogP contribution is -2.31. The van der Waals surface area contributed by atoms with Gasteiger partial charge >= 0.3 is 0 Å². The van der Waals surface area contributed by atoms with Crippen LogP contribution in [0.1, 0.15) is 58.7 Å². The summed E-state index contributed by atoms with van der Waals surface area (Å²) in [6.45, 7) is 6.00. The maximum atomic E-state index is 15.0. The molecule has 1 aliphatic heterocycles. The lowest BCUT2D eigenvalue weighted by atomic mass is 9.92. The second kappa shape index (κ2) is 7.15. The van der Waals surface area contributed by atoms with Crippen molar-refractivity contribution in [3.63, 3.8) is 0 Å². The van der Waals surface area contributed by atoms with Crippen molar-refractivity contribution in [2.75, 3.05) is 4.90 Å². The summed E-state index contributed by atoms with van der Waals surface area (Å²) < 4.78 is 16.6. The summed E-state index contributed by atoms with van der Waals surface area (Å²) >= 11 is 12.3. The van der Waals surface area contributed by atoms with Gasteiger partial charge in [0.2, 0.25) is 0 Å². The largest absolute Gasteiger partial charge is 0.292 e. The number of aryl methyl sites for hydroxylation is 2. The first-order valence-corrected chi connectivity index (χ1v) is 10.1. The molecule has 0 fully saturated rings. The molecule has 4 rings (SSSR count). The van der Waals surface area contributed by atoms with E-state index in [0.717, 1.165) is 22.4 Å². The summed E-state index contributed by atoms with van der Waals surface area (Å²) in [7, 11) is 1.74. The van der Waals surface area contributed by atoms with Crippen LogP contribution in [0.2, 0.25) is 10.0 Å². The quantitative estimate of drug-likeness (QED) is 0.506. The molecule has 0 radical (unpaired) electrons. The molecule has 2 aromatic carbocycles. The van der Waals surface area contributed by atoms with Gasteiger partial charge in [0.05, 0.1) is 22.4 Å². The molecule has 0 bridgehead atoms. The third kappa shape index (κ3) is 3.04. The van der Waals surface area contributed by atoms with Crippen molar-refractivity contribution in [1.29, 1.82) is 0 Å². The van der Waals surface area contributed by atoms with Gasteiger partial charge in [-0.2, -0.15) is 5.10 Å². The fourth-order valence-electron chi connectivity index (χ4n) is 4.00. The van der Waals surface area contributed by atoms with Gasteiger partial charge in [0.1, 0.15) is 5.69 Å². The normalized spacial score (nSPS) is 16.1. The minimum atomic E-state index is -0.626. The lowest BCUT2D eigenvalue weighted by molar-refractivity contribution is 0.0984. The van der Waals surface area contributed by atoms with Gasteiger partial charge in [-0.05, 0) is 48.2 Å². The van der Waals surface area contributed by atoms with Crippen LogP contribution >= 0.6 is 23.2 Å². The van der Waals surface area contributed by atoms with Crippen molar-refractivity contribution >= 4 is 34.8 Å². The molecule has 1 aromatic heterocycles. The van der Waals surface area contributed by atoms with Gasteiger partial charge in [0, 0.05) is 17.6 Å². The summed E-state index contributed by atoms with van der Waals surface area (Å²) in [4.78, 5) is 15.0. The Morgan fingerprint density at radius 1 is 1.17 bits per heavy atom. The molecule has 4 nitrogen and oxygen atoms in total. The number of aromatic nitrogens is 2. The van der Waals surface area contributed by atoms with Gasteiger partial charge < -0.3 is 0 Å². The summed E-state index contributed by atoms with van der Waals surface area (Å²) in [5.74, 6) is -0.851. The lowest BCUT2D eigenvalue weighted by Gasteiger charge is -2.28. The highest BCUT2D eigenvalue weighted by molar-refractivity contribution is 6.31. The molecule has 3 aromatic rings. The molecular formula is C22H20Cl2FN3O. The van der Waals surface area contributed by atoms with E-state index in [1.807, 2.05) is 32.9 Å². The Labute approximate surface area is 178 Å². The molecule has 0 saturated carbocycles. The number of carbonyl (C=O) groups excluding carboxylic acids is 1. The zero-order valence-corrected chi connectivity index (χ0v) is 18.0. The number of anilines is 1. The SMILES string of the molecule is Cc1ccc(Cl)cc1C1c2c(C(C)C)nn(C)c2C(=O)N1c1cccc(Cl)c1F. The molecule has 150 valence electrons. The van der Waals surface area contributed by atoms with Crippen molar-refractivity contribution in [2.24, 2.45) is 7.05 Å². The molecule has 1 unspecified atom stereocenters. The Hall–Kier alpha value is -2.37. The molecule has 0 N–H and O–H groups in total. The molecule has 1 amide bonds. The molecular weight excluding hydrogens is 412 g/mol. The number of hydrogen-bond acceptors (Lipinski definition) is 2. The zero-order valence-electron chi connectivity index (χ0n) is 16.5. The Morgan fingerprint density at radius 3 is 2.59 bits per heavy atom. The van der Waals surface area contributed by atoms with Crippen LogP contribution in [-0.2, 0) is 7.05 Å². The van der Waals surface area contributed by atoms with E-state index in [0.29, 0.717) is 10.7 Å². The molecule has 2 heterocycles. The molecule has 29 heavy (non-hydrogen) atoms. The first-order valence-electron chi connectivity index (χ1n) is 9.32. The average Bonchev–Trinajstić information content (AvgIpc) is 3.15. The van der Waals surface area contributed by atoms with Crippen LogP contribution < -0.4 is 4.90 Å². The third-order valence-electron chi connectivity index (χ3n) is 5.34. The van der Waals surface area contributed by atoms with Crippen molar-refractivity contribution in [1.82, 2.24) is 9.78 Å². The monoisotopic (exact) mass is 431 g/mol. The van der Waals surface area contributed by atoms with E-state index in [2.05, 4.69) is 5.10 Å². The Morgan fingerprint density at radius 2 is 1.90 bits per heavy atom. The van der Waals surface area contributed by atoms with E-state index < -0.39 is 11.9 Å². The van der Waals surface area contributed by atoms with Crippen molar-refractivity contribution in [3.05, 3.63) is 80.3 Å². The van der Waals surface area contributed by atoms with E-state index >= 15 is 4.39 Å². The molecule has 1 atom stereocenters. The smallest absolute Gasteiger partial charge is 0.277 e. The predicted octanol–water partition coefficient (Wildman–Crippen LogP) is 6.05. The fourth-order valence-corrected chi connectivity index (χ4v) is 4.35. The molecule has 1 aliphatic rings. The van der Waals surface area contributed by atoms with Crippen molar-refractivity contribution < 1.29 is 9.18 Å². The van der Waals surface area contributed by atoms with Gasteiger partial charge in [-0.15, -0.1) is 0 Å². The number of amides is 1. The number of benzene rings is 2. The van der Waals surface area contributed by atoms with E-state index in [-0.39, 0.29) is 22.5 Å². The number of halogens is 3. The number of hydrogen-bond donors (Lipinski definition) is 0. The van der Waals surface area contributed by atoms with E-state index in [1.165, 1.54) is 11.0 Å². The van der Waals surface area contributed by atoms with Gasteiger partial charge in [-0.1, -0.05) is 49.2 Å². The maximum Gasteiger partial charge on any atom is 0.277 e. The van der Waals surface area contributed by atoms with E-state index in [1.54, 1.807) is 29.9 Å². The average molecular weight is 432 g/mol. The first kappa shape index (κ1) is 19.9. The van der Waals surface area contributed by atoms with Gasteiger partial charge in [-0.3, -0.25) is 14.4 Å². The number of fused-ring (bicyclic) bond motifs is 1. The van der Waals surface area contributed by atoms with Crippen LogP contribution in [-0.4, -0.2) is 15.7 Å². The fraction of sp³-hybridized carbons (Fsp3) is 0.273. The van der Waals surface area contributed by atoms with Gasteiger partial charge in [-0.25, -0.2) is 4.39 Å². The van der Waals surface area contributed by atoms with Crippen LogP contribution in [0.5, 0.6) is 0 Å². The number of rotatable bonds is 3. The highest BCUT2D eigenvalue weighted by Gasteiger charge is 2.45.